The van der Waals surface area contributed by atoms with Crippen molar-refractivity contribution in [2.24, 2.45) is 0 Å². The number of benzene rings is 2. The van der Waals surface area contributed by atoms with Crippen molar-refractivity contribution in [3.05, 3.63) is 54.3 Å². The number of anilines is 1. The zero-order valence-corrected chi connectivity index (χ0v) is 14.6. The Hall–Kier alpha value is -2.66. The number of sulfonamides is 1. The highest BCUT2D eigenvalue weighted by atomic mass is 32.2. The minimum absolute atomic E-state index is 0.131. The molecule has 11 heteroatoms. The minimum atomic E-state index is -4.84. The summed E-state index contributed by atoms with van der Waals surface area (Å²) in [5, 5.41) is 2.33. The predicted molar refractivity (Wildman–Crippen MR) is 88.0 cm³/mol. The first-order chi connectivity index (χ1) is 12.5. The lowest BCUT2D eigenvalue weighted by Gasteiger charge is -2.17. The second-order valence-corrected chi connectivity index (χ2v) is 7.33. The van der Waals surface area contributed by atoms with Crippen LogP contribution in [0.15, 0.2) is 53.4 Å². The summed E-state index contributed by atoms with van der Waals surface area (Å²) >= 11 is 0. The molecule has 1 amide bonds. The molecule has 146 valence electrons. The van der Waals surface area contributed by atoms with Crippen molar-refractivity contribution in [2.45, 2.75) is 11.3 Å². The molecule has 0 radical (unpaired) electrons. The minimum Gasteiger partial charge on any atom is -0.406 e. The van der Waals surface area contributed by atoms with Crippen LogP contribution in [-0.2, 0) is 14.8 Å². The van der Waals surface area contributed by atoms with Gasteiger partial charge >= 0.3 is 6.36 Å². The molecular formula is C16H14F4N2O4S. The highest BCUT2D eigenvalue weighted by molar-refractivity contribution is 7.89. The van der Waals surface area contributed by atoms with Crippen LogP contribution >= 0.6 is 0 Å². The molecule has 0 fully saturated rings. The summed E-state index contributed by atoms with van der Waals surface area (Å²) in [5.41, 5.74) is 0.131. The van der Waals surface area contributed by atoms with Crippen molar-refractivity contribution in [3.8, 4) is 5.75 Å². The molecular weight excluding hydrogens is 392 g/mol. The first-order valence-corrected chi connectivity index (χ1v) is 8.79. The van der Waals surface area contributed by atoms with Crippen LogP contribution in [0.2, 0.25) is 0 Å². The van der Waals surface area contributed by atoms with Crippen LogP contribution in [0, 0.1) is 5.82 Å². The van der Waals surface area contributed by atoms with Crippen LogP contribution in [0.1, 0.15) is 0 Å². The van der Waals surface area contributed by atoms with Gasteiger partial charge in [0.2, 0.25) is 15.9 Å². The molecule has 1 N–H and O–H groups in total. The Labute approximate surface area is 152 Å². The molecule has 0 bridgehead atoms. The van der Waals surface area contributed by atoms with Crippen molar-refractivity contribution in [3.63, 3.8) is 0 Å². The number of alkyl halides is 3. The molecule has 0 heterocycles. The van der Waals surface area contributed by atoms with Crippen LogP contribution in [0.5, 0.6) is 5.75 Å². The molecule has 2 aromatic carbocycles. The number of amides is 1. The third-order valence-electron chi connectivity index (χ3n) is 3.26. The highest BCUT2D eigenvalue weighted by Crippen LogP contribution is 2.24. The highest BCUT2D eigenvalue weighted by Gasteiger charge is 2.31. The Morgan fingerprint density at radius 3 is 2.26 bits per heavy atom. The standard InChI is InChI=1S/C16H14F4N2O4S/c1-22(27(24,25)14-5-3-2-4-13(14)17)10-15(23)21-11-6-8-12(9-7-11)26-16(18,19)20/h2-9H,10H2,1H3,(H,21,23). The van der Waals surface area contributed by atoms with Gasteiger partial charge in [0, 0.05) is 12.7 Å². The van der Waals surface area contributed by atoms with E-state index < -0.39 is 45.3 Å². The normalized spacial score (nSPS) is 12.1. The molecule has 0 atom stereocenters. The quantitative estimate of drug-likeness (QED) is 0.749. The number of hydrogen-bond donors (Lipinski definition) is 1. The Balaban J connectivity index is 2.02. The molecule has 0 spiro atoms. The fraction of sp³-hybridized carbons (Fsp3) is 0.188. The van der Waals surface area contributed by atoms with E-state index in [4.69, 9.17) is 0 Å². The summed E-state index contributed by atoms with van der Waals surface area (Å²) in [6.45, 7) is -0.628. The van der Waals surface area contributed by atoms with E-state index in [9.17, 15) is 30.8 Å². The van der Waals surface area contributed by atoms with E-state index in [-0.39, 0.29) is 5.69 Å². The van der Waals surface area contributed by atoms with E-state index in [1.165, 1.54) is 12.1 Å². The molecule has 0 aliphatic heterocycles. The number of carbonyl (C=O) groups is 1. The number of likely N-dealkylation sites (N-methyl/N-ethyl adjacent to an activating group) is 1. The van der Waals surface area contributed by atoms with E-state index in [2.05, 4.69) is 10.1 Å². The van der Waals surface area contributed by atoms with Gasteiger partial charge in [-0.05, 0) is 36.4 Å². The fourth-order valence-corrected chi connectivity index (χ4v) is 3.24. The molecule has 0 saturated heterocycles. The van der Waals surface area contributed by atoms with Gasteiger partial charge in [0.25, 0.3) is 0 Å². The van der Waals surface area contributed by atoms with E-state index in [0.29, 0.717) is 4.31 Å². The average molecular weight is 406 g/mol. The Morgan fingerprint density at radius 1 is 1.11 bits per heavy atom. The predicted octanol–water partition coefficient (Wildman–Crippen LogP) is 2.98. The summed E-state index contributed by atoms with van der Waals surface area (Å²) < 4.78 is 78.9. The number of hydrogen-bond acceptors (Lipinski definition) is 4. The average Bonchev–Trinajstić information content (AvgIpc) is 2.55. The smallest absolute Gasteiger partial charge is 0.406 e. The monoisotopic (exact) mass is 406 g/mol. The van der Waals surface area contributed by atoms with Crippen LogP contribution in [-0.4, -0.2) is 38.6 Å². The van der Waals surface area contributed by atoms with Gasteiger partial charge in [-0.25, -0.2) is 12.8 Å². The molecule has 2 rings (SSSR count). The lowest BCUT2D eigenvalue weighted by Crippen LogP contribution is -2.35. The zero-order chi connectivity index (χ0) is 20.2. The maximum absolute atomic E-state index is 13.7. The Morgan fingerprint density at radius 2 is 1.70 bits per heavy atom. The lowest BCUT2D eigenvalue weighted by atomic mass is 10.3. The lowest BCUT2D eigenvalue weighted by molar-refractivity contribution is -0.274. The van der Waals surface area contributed by atoms with Gasteiger partial charge in [0.15, 0.2) is 0 Å². The van der Waals surface area contributed by atoms with E-state index in [1.807, 2.05) is 0 Å². The number of ether oxygens (including phenoxy) is 1. The third kappa shape index (κ3) is 5.66. The van der Waals surface area contributed by atoms with Crippen molar-refractivity contribution in [2.75, 3.05) is 18.9 Å². The number of nitrogens with zero attached hydrogens (tertiary/aromatic N) is 1. The summed E-state index contributed by atoms with van der Waals surface area (Å²) in [7, 11) is -3.13. The molecule has 2 aromatic rings. The first kappa shape index (κ1) is 20.6. The van der Waals surface area contributed by atoms with Gasteiger partial charge < -0.3 is 10.1 Å². The maximum Gasteiger partial charge on any atom is 0.573 e. The molecule has 0 saturated carbocycles. The topological polar surface area (TPSA) is 75.7 Å². The number of rotatable bonds is 6. The molecule has 0 aliphatic carbocycles. The summed E-state index contributed by atoms with van der Waals surface area (Å²) in [6, 6.07) is 9.01. The molecule has 27 heavy (non-hydrogen) atoms. The molecule has 0 aliphatic rings. The largest absolute Gasteiger partial charge is 0.573 e. The van der Waals surface area contributed by atoms with Crippen LogP contribution < -0.4 is 10.1 Å². The van der Waals surface area contributed by atoms with Crippen LogP contribution in [0.4, 0.5) is 23.2 Å². The number of nitrogens with one attached hydrogen (secondary N) is 1. The number of carbonyl (C=O) groups excluding carboxylic acids is 1. The fourth-order valence-electron chi connectivity index (χ4n) is 2.05. The van der Waals surface area contributed by atoms with Gasteiger partial charge in [-0.2, -0.15) is 4.31 Å². The third-order valence-corrected chi connectivity index (χ3v) is 5.10. The second-order valence-electron chi connectivity index (χ2n) is 5.31. The van der Waals surface area contributed by atoms with Crippen molar-refractivity contribution in [1.29, 1.82) is 0 Å². The number of halogens is 4. The Bertz CT molecular complexity index is 915. The maximum atomic E-state index is 13.7. The summed E-state index contributed by atoms with van der Waals surface area (Å²) in [6.07, 6.45) is -4.84. The SMILES string of the molecule is CN(CC(=O)Nc1ccc(OC(F)(F)F)cc1)S(=O)(=O)c1ccccc1F. The molecule has 0 aromatic heterocycles. The first-order valence-electron chi connectivity index (χ1n) is 7.35. The zero-order valence-electron chi connectivity index (χ0n) is 13.8. The second kappa shape index (κ2) is 7.92. The van der Waals surface area contributed by atoms with E-state index >= 15 is 0 Å². The molecule has 6 nitrogen and oxygen atoms in total. The van der Waals surface area contributed by atoms with E-state index in [0.717, 1.165) is 43.4 Å². The van der Waals surface area contributed by atoms with Crippen molar-refractivity contribution in [1.82, 2.24) is 4.31 Å². The van der Waals surface area contributed by atoms with Gasteiger partial charge in [-0.3, -0.25) is 4.79 Å². The van der Waals surface area contributed by atoms with Crippen LogP contribution in [0.3, 0.4) is 0 Å². The van der Waals surface area contributed by atoms with E-state index in [1.54, 1.807) is 0 Å². The molecule has 0 unspecified atom stereocenters. The van der Waals surface area contributed by atoms with Crippen molar-refractivity contribution >= 4 is 21.6 Å². The summed E-state index contributed by atoms with van der Waals surface area (Å²) in [5.74, 6) is -2.19. The Kier molecular flexibility index (Phi) is 6.06. The van der Waals surface area contributed by atoms with Crippen LogP contribution in [0.25, 0.3) is 0 Å². The van der Waals surface area contributed by atoms with Gasteiger partial charge in [0.1, 0.15) is 16.5 Å². The van der Waals surface area contributed by atoms with Gasteiger partial charge in [-0.1, -0.05) is 12.1 Å². The van der Waals surface area contributed by atoms with Crippen molar-refractivity contribution < 1.29 is 35.5 Å². The van der Waals surface area contributed by atoms with Gasteiger partial charge in [0.05, 0.1) is 6.54 Å². The van der Waals surface area contributed by atoms with Gasteiger partial charge in [-0.15, -0.1) is 13.2 Å². The summed E-state index contributed by atoms with van der Waals surface area (Å²) in [4.78, 5) is 11.4.